The van der Waals surface area contributed by atoms with Gasteiger partial charge in [0.15, 0.2) is 0 Å². The molecule has 0 N–H and O–H groups in total. The fraction of sp³-hybridized carbons (Fsp3) is 0.0370. The number of benzene rings is 4. The summed E-state index contributed by atoms with van der Waals surface area (Å²) in [5, 5.41) is 0. The molecule has 142 valence electrons. The third-order valence-corrected chi connectivity index (χ3v) is 10.3. The summed E-state index contributed by atoms with van der Waals surface area (Å²) in [7, 11) is 0. The van der Waals surface area contributed by atoms with E-state index in [2.05, 4.69) is 126 Å². The van der Waals surface area contributed by atoms with Crippen LogP contribution >= 0.6 is 11.8 Å². The molecule has 0 bridgehead atoms. The molecule has 0 heterocycles. The van der Waals surface area contributed by atoms with Crippen molar-refractivity contribution in [3.05, 3.63) is 137 Å². The summed E-state index contributed by atoms with van der Waals surface area (Å²) in [6, 6.07) is 43.5. The van der Waals surface area contributed by atoms with Gasteiger partial charge in [0.1, 0.15) is 0 Å². The molecule has 0 amide bonds. The standard InChI is InChI=1S/C27H23SSe/c1-5-13-23(14-6-1)21-28-27(24-15-7-2-8-16-24)22-29(25-17-9-3-10-18-25)26-19-11-4-12-20-26/h1-20,22H,21H2/q+1/b27-22-. The van der Waals surface area contributed by atoms with Crippen LogP contribution in [0.3, 0.4) is 0 Å². The van der Waals surface area contributed by atoms with E-state index >= 15 is 0 Å². The van der Waals surface area contributed by atoms with Gasteiger partial charge in [0.05, 0.1) is 0 Å². The van der Waals surface area contributed by atoms with Crippen molar-refractivity contribution in [3.63, 3.8) is 0 Å². The number of thioether (sulfide) groups is 1. The Bertz CT molecular complexity index is 989. The van der Waals surface area contributed by atoms with Gasteiger partial charge < -0.3 is 0 Å². The minimum absolute atomic E-state index is 0.976. The van der Waals surface area contributed by atoms with Gasteiger partial charge in [-0.2, -0.15) is 0 Å². The van der Waals surface area contributed by atoms with Crippen molar-refractivity contribution in [2.75, 3.05) is 0 Å². The second-order valence-electron chi connectivity index (χ2n) is 6.59. The zero-order chi connectivity index (χ0) is 19.7. The summed E-state index contributed by atoms with van der Waals surface area (Å²) in [5.41, 5.74) is 2.66. The second kappa shape index (κ2) is 10.3. The van der Waals surface area contributed by atoms with Gasteiger partial charge in [0.25, 0.3) is 0 Å². The van der Waals surface area contributed by atoms with Crippen molar-refractivity contribution in [1.82, 2.24) is 0 Å². The predicted molar refractivity (Wildman–Crippen MR) is 130 cm³/mol. The van der Waals surface area contributed by atoms with Crippen LogP contribution in [0.2, 0.25) is 0 Å². The monoisotopic (exact) mass is 459 g/mol. The van der Waals surface area contributed by atoms with E-state index in [0.29, 0.717) is 0 Å². The summed E-state index contributed by atoms with van der Waals surface area (Å²) in [6.07, 6.45) is 0. The van der Waals surface area contributed by atoms with Gasteiger partial charge in [-0.15, -0.1) is 0 Å². The molecule has 0 atom stereocenters. The normalized spacial score (nSPS) is 11.6. The molecule has 0 unspecified atom stereocenters. The number of hydrogen-bond acceptors (Lipinski definition) is 1. The number of rotatable bonds is 7. The zero-order valence-corrected chi connectivity index (χ0v) is 18.7. The first-order valence-corrected chi connectivity index (χ1v) is 13.4. The van der Waals surface area contributed by atoms with Crippen molar-refractivity contribution in [1.29, 1.82) is 0 Å². The van der Waals surface area contributed by atoms with Crippen molar-refractivity contribution in [2.45, 2.75) is 5.75 Å². The third kappa shape index (κ3) is 5.52. The van der Waals surface area contributed by atoms with E-state index in [-0.39, 0.29) is 0 Å². The maximum absolute atomic E-state index is 2.55. The predicted octanol–water partition coefficient (Wildman–Crippen LogP) is 5.81. The van der Waals surface area contributed by atoms with E-state index in [4.69, 9.17) is 0 Å². The topological polar surface area (TPSA) is 0 Å². The molecule has 0 nitrogen and oxygen atoms in total. The Kier molecular flexibility index (Phi) is 7.04. The summed E-state index contributed by atoms with van der Waals surface area (Å²) in [5.74, 6) is 0.976. The Morgan fingerprint density at radius 2 is 1.03 bits per heavy atom. The summed E-state index contributed by atoms with van der Waals surface area (Å²) in [6.45, 7) is 0. The van der Waals surface area contributed by atoms with Crippen LogP contribution in [0.15, 0.2) is 126 Å². The van der Waals surface area contributed by atoms with Gasteiger partial charge in [-0.25, -0.2) is 0 Å². The Morgan fingerprint density at radius 1 is 0.586 bits per heavy atom. The van der Waals surface area contributed by atoms with Crippen molar-refractivity contribution in [2.24, 2.45) is 0 Å². The average Bonchev–Trinajstić information content (AvgIpc) is 2.82. The van der Waals surface area contributed by atoms with Gasteiger partial charge in [-0.3, -0.25) is 0 Å². The Hall–Kier alpha value is -2.51. The molecule has 29 heavy (non-hydrogen) atoms. The van der Waals surface area contributed by atoms with Crippen molar-refractivity contribution >= 4 is 39.5 Å². The zero-order valence-electron chi connectivity index (χ0n) is 16.1. The summed E-state index contributed by atoms with van der Waals surface area (Å²) < 4.78 is 2.87. The average molecular weight is 459 g/mol. The SMILES string of the molecule is C(=C(/SCc1ccccc1)c1ccccc1)/[Se+](c1ccccc1)c1ccccc1. The Morgan fingerprint density at radius 3 is 1.55 bits per heavy atom. The van der Waals surface area contributed by atoms with Gasteiger partial charge in [-0.1, -0.05) is 0 Å². The molecule has 0 aromatic heterocycles. The molecule has 0 saturated heterocycles. The van der Waals surface area contributed by atoms with Crippen LogP contribution in [0, 0.1) is 0 Å². The van der Waals surface area contributed by atoms with Gasteiger partial charge in [0.2, 0.25) is 0 Å². The fourth-order valence-electron chi connectivity index (χ4n) is 3.04. The molecule has 4 aromatic rings. The molecule has 0 saturated carbocycles. The van der Waals surface area contributed by atoms with E-state index in [1.807, 2.05) is 11.8 Å². The van der Waals surface area contributed by atoms with Crippen LogP contribution in [0.5, 0.6) is 0 Å². The first kappa shape index (κ1) is 19.8. The molecular formula is C27H23SSe+. The third-order valence-electron chi connectivity index (χ3n) is 4.51. The molecule has 0 aliphatic carbocycles. The van der Waals surface area contributed by atoms with Crippen LogP contribution in [-0.2, 0) is 5.75 Å². The second-order valence-corrected chi connectivity index (χ2v) is 11.5. The minimum atomic E-state index is -1.32. The molecule has 0 radical (unpaired) electrons. The van der Waals surface area contributed by atoms with Gasteiger partial charge >= 0.3 is 183 Å². The Balaban J connectivity index is 1.73. The summed E-state index contributed by atoms with van der Waals surface area (Å²) >= 11 is 0.622. The van der Waals surface area contributed by atoms with Crippen LogP contribution in [0.25, 0.3) is 4.91 Å². The van der Waals surface area contributed by atoms with Gasteiger partial charge in [-0.05, 0) is 0 Å². The molecular weight excluding hydrogens is 435 g/mol. The molecule has 0 fully saturated rings. The molecule has 0 spiro atoms. The fourth-order valence-corrected chi connectivity index (χ4v) is 8.62. The van der Waals surface area contributed by atoms with Crippen LogP contribution in [0.1, 0.15) is 11.1 Å². The van der Waals surface area contributed by atoms with E-state index in [1.54, 1.807) is 0 Å². The number of hydrogen-bond donors (Lipinski definition) is 0. The quantitative estimate of drug-likeness (QED) is 0.315. The Labute approximate surface area is 182 Å². The first-order valence-electron chi connectivity index (χ1n) is 9.67. The van der Waals surface area contributed by atoms with Crippen LogP contribution in [-0.4, -0.2) is 13.9 Å². The molecule has 4 rings (SSSR count). The van der Waals surface area contributed by atoms with E-state index in [1.165, 1.54) is 25.0 Å². The molecule has 4 aromatic carbocycles. The van der Waals surface area contributed by atoms with E-state index < -0.39 is 13.9 Å². The van der Waals surface area contributed by atoms with Gasteiger partial charge in [0, 0.05) is 0 Å². The van der Waals surface area contributed by atoms with Crippen LogP contribution < -0.4 is 8.92 Å². The first-order chi connectivity index (χ1) is 14.4. The van der Waals surface area contributed by atoms with Crippen molar-refractivity contribution < 1.29 is 0 Å². The molecule has 0 aliphatic rings. The maximum atomic E-state index is 2.55. The summed E-state index contributed by atoms with van der Waals surface area (Å²) in [4.78, 5) is 3.92. The van der Waals surface area contributed by atoms with Crippen molar-refractivity contribution in [3.8, 4) is 0 Å². The molecule has 0 aliphatic heterocycles. The molecule has 2 heteroatoms. The van der Waals surface area contributed by atoms with E-state index in [0.717, 1.165) is 5.75 Å². The van der Waals surface area contributed by atoms with Crippen LogP contribution in [0.4, 0.5) is 0 Å². The van der Waals surface area contributed by atoms with E-state index in [9.17, 15) is 0 Å².